The van der Waals surface area contributed by atoms with Crippen molar-refractivity contribution in [1.82, 2.24) is 24.4 Å². The van der Waals surface area contributed by atoms with Crippen molar-refractivity contribution in [3.8, 4) is 5.82 Å². The third-order valence-corrected chi connectivity index (χ3v) is 5.64. The lowest BCUT2D eigenvalue weighted by Gasteiger charge is -2.33. The van der Waals surface area contributed by atoms with E-state index in [1.165, 1.54) is 31.4 Å². The van der Waals surface area contributed by atoms with Gasteiger partial charge in [0.15, 0.2) is 5.82 Å². The van der Waals surface area contributed by atoms with Gasteiger partial charge in [-0.1, -0.05) is 37.3 Å². The van der Waals surface area contributed by atoms with Crippen LogP contribution in [0.5, 0.6) is 0 Å². The molecule has 0 spiro atoms. The quantitative estimate of drug-likeness (QED) is 0.625. The van der Waals surface area contributed by atoms with Crippen molar-refractivity contribution in [2.45, 2.75) is 44.9 Å². The predicted octanol–water partition coefficient (Wildman–Crippen LogP) is 4.04. The third kappa shape index (κ3) is 4.30. The monoisotopic (exact) mass is 375 g/mol. The highest BCUT2D eigenvalue weighted by molar-refractivity contribution is 5.33. The summed E-state index contributed by atoms with van der Waals surface area (Å²) in [5.74, 6) is 2.42. The average Bonchev–Trinajstić information content (AvgIpc) is 3.23. The molecule has 28 heavy (non-hydrogen) atoms. The van der Waals surface area contributed by atoms with Crippen LogP contribution in [0.4, 0.5) is 0 Å². The number of imidazole rings is 1. The molecule has 0 bridgehead atoms. The second kappa shape index (κ2) is 9.11. The van der Waals surface area contributed by atoms with Gasteiger partial charge in [0, 0.05) is 43.7 Å². The van der Waals surface area contributed by atoms with Crippen LogP contribution in [0.15, 0.2) is 55.1 Å². The van der Waals surface area contributed by atoms with Gasteiger partial charge in [-0.2, -0.15) is 0 Å². The lowest BCUT2D eigenvalue weighted by Crippen LogP contribution is -2.36. The number of aryl methyl sites for hydroxylation is 2. The standard InChI is InChI=1S/C23H29N5/c1-2-21-24-14-17-28(21)23-22(25-12-13-26-23)20-11-7-16-27(18-20)15-6-10-19-8-4-3-5-9-19/h3-5,8-9,12-14,17,20H,2,6-7,10-11,15-16,18H2,1H3/t20-/m0/s1. The van der Waals surface area contributed by atoms with Crippen molar-refractivity contribution in [3.05, 3.63) is 72.2 Å². The summed E-state index contributed by atoms with van der Waals surface area (Å²) in [6.45, 7) is 5.53. The first-order valence-electron chi connectivity index (χ1n) is 10.4. The summed E-state index contributed by atoms with van der Waals surface area (Å²) in [7, 11) is 0. The first-order valence-corrected chi connectivity index (χ1v) is 10.4. The first-order chi connectivity index (χ1) is 13.8. The van der Waals surface area contributed by atoms with Crippen LogP contribution in [-0.4, -0.2) is 44.1 Å². The summed E-state index contributed by atoms with van der Waals surface area (Å²) in [6, 6.07) is 10.8. The fourth-order valence-electron chi connectivity index (χ4n) is 4.24. The van der Waals surface area contributed by atoms with E-state index in [0.29, 0.717) is 5.92 Å². The van der Waals surface area contributed by atoms with Gasteiger partial charge in [-0.3, -0.25) is 9.55 Å². The van der Waals surface area contributed by atoms with Crippen LogP contribution < -0.4 is 0 Å². The summed E-state index contributed by atoms with van der Waals surface area (Å²) in [4.78, 5) is 16.5. The van der Waals surface area contributed by atoms with Crippen molar-refractivity contribution < 1.29 is 0 Å². The van der Waals surface area contributed by atoms with E-state index in [2.05, 4.69) is 56.7 Å². The minimum Gasteiger partial charge on any atom is -0.303 e. The molecular weight excluding hydrogens is 346 g/mol. The Kier molecular flexibility index (Phi) is 6.12. The highest BCUT2D eigenvalue weighted by atomic mass is 15.2. The van der Waals surface area contributed by atoms with Crippen LogP contribution in [0, 0.1) is 0 Å². The zero-order valence-electron chi connectivity index (χ0n) is 16.7. The van der Waals surface area contributed by atoms with Gasteiger partial charge in [-0.05, 0) is 44.3 Å². The molecule has 0 aliphatic carbocycles. The number of benzene rings is 1. The molecule has 0 N–H and O–H groups in total. The molecule has 1 saturated heterocycles. The van der Waals surface area contributed by atoms with Gasteiger partial charge in [-0.15, -0.1) is 0 Å². The molecule has 5 nitrogen and oxygen atoms in total. The van der Waals surface area contributed by atoms with E-state index >= 15 is 0 Å². The third-order valence-electron chi connectivity index (χ3n) is 5.64. The van der Waals surface area contributed by atoms with E-state index in [1.54, 1.807) is 6.20 Å². The Morgan fingerprint density at radius 1 is 1.04 bits per heavy atom. The van der Waals surface area contributed by atoms with Gasteiger partial charge in [0.25, 0.3) is 0 Å². The molecule has 1 aliphatic heterocycles. The summed E-state index contributed by atoms with van der Waals surface area (Å²) >= 11 is 0. The SMILES string of the molecule is CCc1nccn1-c1nccnc1[C@H]1CCCN(CCCc2ccccc2)C1. The molecule has 0 radical (unpaired) electrons. The molecule has 0 saturated carbocycles. The Balaban J connectivity index is 1.43. The second-order valence-electron chi connectivity index (χ2n) is 7.56. The van der Waals surface area contributed by atoms with Crippen molar-refractivity contribution in [3.63, 3.8) is 0 Å². The van der Waals surface area contributed by atoms with Gasteiger partial charge < -0.3 is 4.90 Å². The van der Waals surface area contributed by atoms with Crippen LogP contribution in [0.2, 0.25) is 0 Å². The van der Waals surface area contributed by atoms with Crippen molar-refractivity contribution >= 4 is 0 Å². The van der Waals surface area contributed by atoms with Crippen LogP contribution in [0.25, 0.3) is 5.82 Å². The number of nitrogens with zero attached hydrogens (tertiary/aromatic N) is 5. The van der Waals surface area contributed by atoms with Crippen LogP contribution in [-0.2, 0) is 12.8 Å². The van der Waals surface area contributed by atoms with Crippen LogP contribution in [0.3, 0.4) is 0 Å². The van der Waals surface area contributed by atoms with E-state index in [1.807, 2.05) is 18.6 Å². The van der Waals surface area contributed by atoms with Crippen molar-refractivity contribution in [1.29, 1.82) is 0 Å². The molecular formula is C23H29N5. The summed E-state index contributed by atoms with van der Waals surface area (Å²) in [5.41, 5.74) is 2.54. The van der Waals surface area contributed by atoms with Crippen molar-refractivity contribution in [2.24, 2.45) is 0 Å². The number of rotatable bonds is 7. The molecule has 5 heteroatoms. The molecule has 3 aromatic rings. The summed E-state index contributed by atoms with van der Waals surface area (Å²) in [5, 5.41) is 0. The number of hydrogen-bond acceptors (Lipinski definition) is 4. The smallest absolute Gasteiger partial charge is 0.160 e. The number of aromatic nitrogens is 4. The molecule has 0 unspecified atom stereocenters. The topological polar surface area (TPSA) is 46.8 Å². The van der Waals surface area contributed by atoms with Crippen molar-refractivity contribution in [2.75, 3.05) is 19.6 Å². The molecule has 2 aromatic heterocycles. The fourth-order valence-corrected chi connectivity index (χ4v) is 4.24. The van der Waals surface area contributed by atoms with E-state index in [9.17, 15) is 0 Å². The lowest BCUT2D eigenvalue weighted by molar-refractivity contribution is 0.204. The largest absolute Gasteiger partial charge is 0.303 e. The molecule has 0 amide bonds. The summed E-state index contributed by atoms with van der Waals surface area (Å²) in [6.07, 6.45) is 13.1. The molecule has 1 aromatic carbocycles. The Labute approximate surface area is 167 Å². The molecule has 4 rings (SSSR count). The number of likely N-dealkylation sites (tertiary alicyclic amines) is 1. The maximum absolute atomic E-state index is 4.76. The predicted molar refractivity (Wildman–Crippen MR) is 112 cm³/mol. The number of hydrogen-bond donors (Lipinski definition) is 0. The fraction of sp³-hybridized carbons (Fsp3) is 0.435. The molecule has 1 atom stereocenters. The maximum atomic E-state index is 4.76. The molecule has 1 fully saturated rings. The minimum absolute atomic E-state index is 0.432. The van der Waals surface area contributed by atoms with Crippen LogP contribution in [0.1, 0.15) is 49.2 Å². The Bertz CT molecular complexity index is 873. The normalized spacial score (nSPS) is 17.7. The average molecular weight is 376 g/mol. The van der Waals surface area contributed by atoms with Gasteiger partial charge >= 0.3 is 0 Å². The Morgan fingerprint density at radius 2 is 1.89 bits per heavy atom. The lowest BCUT2D eigenvalue weighted by atomic mass is 9.94. The first kappa shape index (κ1) is 18.8. The minimum atomic E-state index is 0.432. The van der Waals surface area contributed by atoms with Gasteiger partial charge in [0.05, 0.1) is 5.69 Å². The van der Waals surface area contributed by atoms with E-state index in [-0.39, 0.29) is 0 Å². The van der Waals surface area contributed by atoms with E-state index < -0.39 is 0 Å². The Morgan fingerprint density at radius 3 is 2.75 bits per heavy atom. The Hall–Kier alpha value is -2.53. The van der Waals surface area contributed by atoms with E-state index in [0.717, 1.165) is 43.3 Å². The molecule has 3 heterocycles. The van der Waals surface area contributed by atoms with Gasteiger partial charge in [0.2, 0.25) is 0 Å². The molecule has 1 aliphatic rings. The van der Waals surface area contributed by atoms with Crippen LogP contribution >= 0.6 is 0 Å². The highest BCUT2D eigenvalue weighted by Gasteiger charge is 2.25. The zero-order chi connectivity index (χ0) is 19.2. The molecule has 146 valence electrons. The van der Waals surface area contributed by atoms with Gasteiger partial charge in [-0.25, -0.2) is 9.97 Å². The van der Waals surface area contributed by atoms with E-state index in [4.69, 9.17) is 4.98 Å². The highest BCUT2D eigenvalue weighted by Crippen LogP contribution is 2.29. The second-order valence-corrected chi connectivity index (χ2v) is 7.56. The summed E-state index contributed by atoms with van der Waals surface area (Å²) < 4.78 is 2.11. The van der Waals surface area contributed by atoms with Gasteiger partial charge in [0.1, 0.15) is 5.82 Å². The number of piperidine rings is 1. The zero-order valence-corrected chi connectivity index (χ0v) is 16.7. The maximum Gasteiger partial charge on any atom is 0.160 e.